The predicted molar refractivity (Wildman–Crippen MR) is 198 cm³/mol. The summed E-state index contributed by atoms with van der Waals surface area (Å²) in [5.41, 5.74) is 2.21. The van der Waals surface area contributed by atoms with Crippen molar-refractivity contribution in [1.82, 2.24) is 0 Å². The van der Waals surface area contributed by atoms with Crippen LogP contribution in [0.1, 0.15) is 31.8 Å². The van der Waals surface area contributed by atoms with Gasteiger partial charge < -0.3 is 10.2 Å². The normalized spacial score (nSPS) is 14.6. The Balaban J connectivity index is 0.00000620. The smallest absolute Gasteiger partial charge is 0.506 e. The molecular weight excluding hydrogens is 1040 g/mol. The first-order valence-electron chi connectivity index (χ1n) is 15.0. The summed E-state index contributed by atoms with van der Waals surface area (Å²) in [6, 6.07) is 13.0. The third kappa shape index (κ3) is 13.5. The monoisotopic (exact) mass is 1060 g/mol. The topological polar surface area (TPSA) is 341 Å². The van der Waals surface area contributed by atoms with Crippen molar-refractivity contribution < 1.29 is 224 Å². The first kappa shape index (κ1) is 60.9. The number of carbonyl (C=O) groups is 2. The molecule has 0 aliphatic heterocycles. The number of hydrogen-bond donors (Lipinski definition) is 8. The molecule has 0 amide bonds. The molecule has 0 fully saturated rings. The minimum atomic E-state index is -5.13. The van der Waals surface area contributed by atoms with Crippen LogP contribution in [0.2, 0.25) is 0 Å². The summed E-state index contributed by atoms with van der Waals surface area (Å²) in [6.07, 6.45) is 1.53. The molecule has 6 rings (SSSR count). The summed E-state index contributed by atoms with van der Waals surface area (Å²) in [6.45, 7) is 0. The standard InChI is InChI=1S/C32H22N4O16S4.2Cu.4Na/c37-25-11-15(1-7-23(25)33-35-29-27(55(47,48)49)13-17-9-19(53(41,42)43)3-5-21(17)31(29)39)16-2-8-24(26(38)12-16)34-36-30-28(56(50,51)52)14-18-10-20(54(44,45)46)4-6-22(18)32(30)40;;;;;;/h1-14,33-34,37-38H,(H,41,42,43)(H,44,45,46)(H,47,48,49)(H,50,51,52);;;;;;/q;;;4*+1/b35-29-,36-30-;;;;;;. The van der Waals surface area contributed by atoms with Crippen LogP contribution < -0.4 is 129 Å². The summed E-state index contributed by atoms with van der Waals surface area (Å²) >= 11 is 0. The number of benzene rings is 4. The molecule has 2 aliphatic rings. The zero-order valence-electron chi connectivity index (χ0n) is 32.0. The molecule has 312 valence electrons. The predicted octanol–water partition coefficient (Wildman–Crippen LogP) is -8.94. The van der Waals surface area contributed by atoms with Crippen LogP contribution in [0.5, 0.6) is 11.5 Å². The molecule has 2 aliphatic carbocycles. The Morgan fingerprint density at radius 1 is 0.452 bits per heavy atom. The van der Waals surface area contributed by atoms with Crippen molar-refractivity contribution >= 4 is 87.0 Å². The first-order valence-corrected chi connectivity index (χ1v) is 20.7. The molecule has 0 spiro atoms. The molecule has 20 nitrogen and oxygen atoms in total. The Kier molecular flexibility index (Phi) is 22.7. The van der Waals surface area contributed by atoms with Crippen LogP contribution in [0.3, 0.4) is 0 Å². The van der Waals surface area contributed by atoms with Gasteiger partial charge in [-0.3, -0.25) is 38.7 Å². The van der Waals surface area contributed by atoms with Crippen LogP contribution >= 0.6 is 0 Å². The van der Waals surface area contributed by atoms with Crippen molar-refractivity contribution in [2.75, 3.05) is 10.9 Å². The Morgan fingerprint density at radius 2 is 0.774 bits per heavy atom. The van der Waals surface area contributed by atoms with Crippen molar-refractivity contribution in [3.05, 3.63) is 105 Å². The molecule has 4 aromatic carbocycles. The molecule has 4 aromatic rings. The molecule has 62 heavy (non-hydrogen) atoms. The molecular formula is C32H22Cu2N4Na4O16S4+4. The summed E-state index contributed by atoms with van der Waals surface area (Å²) in [5, 5.41) is 28.9. The number of anilines is 2. The fourth-order valence-corrected chi connectivity index (χ4v) is 7.75. The number of phenols is 2. The van der Waals surface area contributed by atoms with Crippen LogP contribution in [-0.4, -0.2) is 85.1 Å². The maximum atomic E-state index is 13.2. The van der Waals surface area contributed by atoms with Crippen molar-refractivity contribution in [2.45, 2.75) is 9.79 Å². The zero-order valence-corrected chi connectivity index (χ0v) is 45.1. The van der Waals surface area contributed by atoms with E-state index in [0.717, 1.165) is 48.6 Å². The fourth-order valence-electron chi connectivity index (χ4n) is 5.40. The Bertz CT molecular complexity index is 2860. The van der Waals surface area contributed by atoms with Gasteiger partial charge in [-0.2, -0.15) is 43.9 Å². The van der Waals surface area contributed by atoms with Crippen LogP contribution in [0, 0.1) is 0 Å². The van der Waals surface area contributed by atoms with Gasteiger partial charge in [0.1, 0.15) is 21.3 Å². The minimum absolute atomic E-state index is 0. The molecule has 0 unspecified atom stereocenters. The molecule has 8 N–H and O–H groups in total. The van der Waals surface area contributed by atoms with Gasteiger partial charge in [0.05, 0.1) is 21.2 Å². The second kappa shape index (κ2) is 23.1. The SMILES string of the molecule is O=C1/C(=N\Nc2ccc(-c3ccc(N/N=C4\C(=O)c5ccc(S(=O)(=O)O)cc5C=C4S(=O)(=O)O)c(O)c3)cc2O)C(S(=O)(=O)O)=Cc2cc(S(=O)(=O)O)ccc21.[Cu].[Cu].[Na+].[Na+].[Na+].[Na+]. The van der Waals surface area contributed by atoms with Crippen molar-refractivity contribution in [1.29, 1.82) is 0 Å². The number of carbonyl (C=O) groups excluding carboxylic acids is 2. The molecule has 30 heteroatoms. The number of hydrazone groups is 2. The minimum Gasteiger partial charge on any atom is -0.506 e. The van der Waals surface area contributed by atoms with Gasteiger partial charge in [0.15, 0.2) is 11.4 Å². The van der Waals surface area contributed by atoms with Crippen LogP contribution in [0.15, 0.2) is 103 Å². The number of Topliss-reactive ketones (excluding diaryl/α,β-unsaturated/α-hetero) is 2. The van der Waals surface area contributed by atoms with E-state index in [9.17, 15) is 71.7 Å². The number of nitrogens with one attached hydrogen (secondary N) is 2. The third-order valence-corrected chi connectivity index (χ3v) is 11.5. The number of hydrogen-bond acceptors (Lipinski definition) is 16. The van der Waals surface area contributed by atoms with Gasteiger partial charge in [-0.25, -0.2) is 0 Å². The van der Waals surface area contributed by atoms with E-state index in [1.165, 1.54) is 36.4 Å². The van der Waals surface area contributed by atoms with Gasteiger partial charge in [-0.15, -0.1) is 0 Å². The largest absolute Gasteiger partial charge is 1.00 e. The number of phenolic OH excluding ortho intramolecular Hbond substituents is 2. The first-order chi connectivity index (χ1) is 25.9. The Hall–Kier alpha value is -1.08. The van der Waals surface area contributed by atoms with Gasteiger partial charge in [0.25, 0.3) is 40.5 Å². The Labute approximate surface area is 462 Å². The maximum Gasteiger partial charge on any atom is 1.00 e. The Morgan fingerprint density at radius 3 is 1.05 bits per heavy atom. The number of fused-ring (bicyclic) bond motifs is 2. The quantitative estimate of drug-likeness (QED) is 0.0334. The van der Waals surface area contributed by atoms with Gasteiger partial charge in [-0.05, 0) is 95.1 Å². The summed E-state index contributed by atoms with van der Waals surface area (Å²) in [5.74, 6) is -3.15. The number of aromatic hydroxyl groups is 2. The van der Waals surface area contributed by atoms with Crippen molar-refractivity contribution in [3.63, 3.8) is 0 Å². The average Bonchev–Trinajstić information content (AvgIpc) is 3.09. The average molecular weight is 1070 g/mol. The van der Waals surface area contributed by atoms with E-state index < -0.39 is 94.6 Å². The third-order valence-electron chi connectivity index (χ3n) is 8.06. The fraction of sp³-hybridized carbons (Fsp3) is 0. The van der Waals surface area contributed by atoms with Crippen LogP contribution in [0.4, 0.5) is 11.4 Å². The second-order valence-electron chi connectivity index (χ2n) is 11.7. The van der Waals surface area contributed by atoms with Gasteiger partial charge in [0, 0.05) is 45.3 Å². The van der Waals surface area contributed by atoms with Crippen molar-refractivity contribution in [2.24, 2.45) is 10.2 Å². The van der Waals surface area contributed by atoms with E-state index in [2.05, 4.69) is 21.1 Å². The zero-order chi connectivity index (χ0) is 41.1. The molecule has 2 radical (unpaired) electrons. The van der Waals surface area contributed by atoms with Gasteiger partial charge in [-0.1, -0.05) is 12.1 Å². The molecule has 0 heterocycles. The van der Waals surface area contributed by atoms with Crippen molar-refractivity contribution in [3.8, 4) is 22.6 Å². The number of allylic oxidation sites excluding steroid dienone is 2. The number of nitrogens with zero attached hydrogens (tertiary/aromatic N) is 2. The van der Waals surface area contributed by atoms with Crippen LogP contribution in [0.25, 0.3) is 23.3 Å². The van der Waals surface area contributed by atoms with Gasteiger partial charge >= 0.3 is 118 Å². The molecule has 0 atom stereocenters. The van der Waals surface area contributed by atoms with E-state index >= 15 is 0 Å². The molecule has 0 bridgehead atoms. The molecule has 0 saturated heterocycles. The molecule has 0 aromatic heterocycles. The van der Waals surface area contributed by atoms with E-state index in [1.54, 1.807) is 0 Å². The van der Waals surface area contributed by atoms with E-state index in [4.69, 9.17) is 0 Å². The number of ketones is 2. The second-order valence-corrected chi connectivity index (χ2v) is 17.3. The maximum absolute atomic E-state index is 13.2. The summed E-state index contributed by atoms with van der Waals surface area (Å²) in [4.78, 5) is 23.0. The summed E-state index contributed by atoms with van der Waals surface area (Å²) in [7, 11) is -19.7. The molecule has 0 saturated carbocycles. The van der Waals surface area contributed by atoms with E-state index in [0.29, 0.717) is 0 Å². The van der Waals surface area contributed by atoms with Crippen LogP contribution in [-0.2, 0) is 74.6 Å². The van der Waals surface area contributed by atoms with E-state index in [-0.39, 0.29) is 197 Å². The summed E-state index contributed by atoms with van der Waals surface area (Å²) < 4.78 is 133. The van der Waals surface area contributed by atoms with Gasteiger partial charge in [0.2, 0.25) is 11.6 Å². The number of rotatable bonds is 9. The van der Waals surface area contributed by atoms with E-state index in [1.807, 2.05) is 0 Å².